The second-order valence-electron chi connectivity index (χ2n) is 6.94. The maximum Gasteiger partial charge on any atom is 0.265 e. The summed E-state index contributed by atoms with van der Waals surface area (Å²) < 4.78 is 5.61. The molecule has 2 amide bonds. The van der Waals surface area contributed by atoms with Gasteiger partial charge in [-0.2, -0.15) is 0 Å². The lowest BCUT2D eigenvalue weighted by Gasteiger charge is -2.20. The maximum atomic E-state index is 12.3. The molecule has 3 N–H and O–H groups in total. The molecule has 0 aliphatic heterocycles. The van der Waals surface area contributed by atoms with E-state index in [9.17, 15) is 9.59 Å². The third kappa shape index (κ3) is 4.83. The quantitative estimate of drug-likeness (QED) is 0.874. The molecule has 0 radical (unpaired) electrons. The molecule has 0 aromatic heterocycles. The Hall–Kier alpha value is -2.82. The molecule has 0 heterocycles. The Morgan fingerprint density at radius 2 is 1.64 bits per heavy atom. The van der Waals surface area contributed by atoms with E-state index in [4.69, 9.17) is 10.5 Å². The van der Waals surface area contributed by atoms with E-state index in [1.807, 2.05) is 24.3 Å². The maximum absolute atomic E-state index is 12.3. The van der Waals surface area contributed by atoms with Crippen molar-refractivity contribution >= 4 is 17.5 Å². The highest BCUT2D eigenvalue weighted by Gasteiger charge is 2.18. The molecule has 0 saturated carbocycles. The van der Waals surface area contributed by atoms with Gasteiger partial charge in [0.2, 0.25) is 0 Å². The van der Waals surface area contributed by atoms with Gasteiger partial charge in [0.1, 0.15) is 5.75 Å². The molecular formula is C20H24N2O3. The number of ether oxygens (including phenoxy) is 1. The topological polar surface area (TPSA) is 81.4 Å². The predicted octanol–water partition coefficient (Wildman–Crippen LogP) is 3.49. The number of hydrogen-bond acceptors (Lipinski definition) is 3. The van der Waals surface area contributed by atoms with Crippen LogP contribution in [0.1, 0.15) is 43.6 Å². The second-order valence-corrected chi connectivity index (χ2v) is 6.94. The minimum absolute atomic E-state index is 0.0530. The summed E-state index contributed by atoms with van der Waals surface area (Å²) in [6.45, 7) is 8.02. The zero-order valence-corrected chi connectivity index (χ0v) is 15.0. The monoisotopic (exact) mass is 340 g/mol. The highest BCUT2D eigenvalue weighted by molar-refractivity contribution is 5.96. The Balaban J connectivity index is 2.05. The summed E-state index contributed by atoms with van der Waals surface area (Å²) in [5.41, 5.74) is 7.50. The average molecular weight is 340 g/mol. The van der Waals surface area contributed by atoms with Crippen molar-refractivity contribution in [3.63, 3.8) is 0 Å². The first-order valence-corrected chi connectivity index (χ1v) is 8.15. The number of benzene rings is 2. The number of carbonyl (C=O) groups excluding carboxylic acids is 2. The standard InChI is InChI=1S/C20H24N2O3/c1-13(25-17-8-6-5-7-16(17)18(21)23)19(24)22-15-11-9-14(10-12-15)20(2,3)4/h5-13H,1-4H3,(H2,21,23)(H,22,24). The van der Waals surface area contributed by atoms with Crippen molar-refractivity contribution < 1.29 is 14.3 Å². The van der Waals surface area contributed by atoms with E-state index in [1.54, 1.807) is 31.2 Å². The molecule has 0 spiro atoms. The molecule has 2 rings (SSSR count). The first-order chi connectivity index (χ1) is 11.7. The van der Waals surface area contributed by atoms with Crippen LogP contribution in [-0.4, -0.2) is 17.9 Å². The van der Waals surface area contributed by atoms with E-state index in [0.29, 0.717) is 11.4 Å². The Kier molecular flexibility index (Phi) is 5.47. The van der Waals surface area contributed by atoms with Crippen LogP contribution >= 0.6 is 0 Å². The van der Waals surface area contributed by atoms with Crippen LogP contribution in [0.4, 0.5) is 5.69 Å². The largest absolute Gasteiger partial charge is 0.480 e. The van der Waals surface area contributed by atoms with Gasteiger partial charge in [-0.15, -0.1) is 0 Å². The van der Waals surface area contributed by atoms with Crippen LogP contribution < -0.4 is 15.8 Å². The number of nitrogens with two attached hydrogens (primary N) is 1. The van der Waals surface area contributed by atoms with Crippen molar-refractivity contribution in [2.24, 2.45) is 5.73 Å². The molecule has 0 aliphatic carbocycles. The number of rotatable bonds is 5. The molecule has 0 saturated heterocycles. The van der Waals surface area contributed by atoms with Crippen LogP contribution in [0.15, 0.2) is 48.5 Å². The average Bonchev–Trinajstić information content (AvgIpc) is 2.54. The summed E-state index contributed by atoms with van der Waals surface area (Å²) >= 11 is 0. The number of carbonyl (C=O) groups is 2. The summed E-state index contributed by atoms with van der Waals surface area (Å²) in [7, 11) is 0. The minimum Gasteiger partial charge on any atom is -0.480 e. The van der Waals surface area contributed by atoms with Gasteiger partial charge >= 0.3 is 0 Å². The van der Waals surface area contributed by atoms with Gasteiger partial charge in [0.25, 0.3) is 11.8 Å². The van der Waals surface area contributed by atoms with Crippen LogP contribution in [-0.2, 0) is 10.2 Å². The van der Waals surface area contributed by atoms with Crippen molar-refractivity contribution in [3.8, 4) is 5.75 Å². The van der Waals surface area contributed by atoms with Gasteiger partial charge in [0.05, 0.1) is 5.56 Å². The van der Waals surface area contributed by atoms with Gasteiger partial charge in [0.15, 0.2) is 6.10 Å². The number of para-hydroxylation sites is 1. The molecular weight excluding hydrogens is 316 g/mol. The molecule has 0 aliphatic rings. The van der Waals surface area contributed by atoms with Gasteiger partial charge in [0, 0.05) is 5.69 Å². The molecule has 132 valence electrons. The number of anilines is 1. The van der Waals surface area contributed by atoms with E-state index in [-0.39, 0.29) is 16.9 Å². The zero-order chi connectivity index (χ0) is 18.6. The van der Waals surface area contributed by atoms with Crippen LogP contribution in [0.5, 0.6) is 5.75 Å². The van der Waals surface area contributed by atoms with Crippen LogP contribution in [0.2, 0.25) is 0 Å². The first kappa shape index (κ1) is 18.5. The van der Waals surface area contributed by atoms with Crippen molar-refractivity contribution in [2.45, 2.75) is 39.2 Å². The summed E-state index contributed by atoms with van der Waals surface area (Å²) in [6, 6.07) is 14.3. The lowest BCUT2D eigenvalue weighted by molar-refractivity contribution is -0.122. The number of hydrogen-bond donors (Lipinski definition) is 2. The smallest absolute Gasteiger partial charge is 0.265 e. The first-order valence-electron chi connectivity index (χ1n) is 8.15. The molecule has 2 aromatic carbocycles. The van der Waals surface area contributed by atoms with E-state index < -0.39 is 12.0 Å². The molecule has 5 heteroatoms. The second kappa shape index (κ2) is 7.38. The third-order valence-electron chi connectivity index (χ3n) is 3.84. The predicted molar refractivity (Wildman–Crippen MR) is 98.8 cm³/mol. The van der Waals surface area contributed by atoms with E-state index in [2.05, 4.69) is 26.1 Å². The summed E-state index contributed by atoms with van der Waals surface area (Å²) in [6.07, 6.45) is -0.775. The minimum atomic E-state index is -0.775. The van der Waals surface area contributed by atoms with Crippen molar-refractivity contribution in [2.75, 3.05) is 5.32 Å². The molecule has 1 atom stereocenters. The molecule has 5 nitrogen and oxygen atoms in total. The SMILES string of the molecule is CC(Oc1ccccc1C(N)=O)C(=O)Nc1ccc(C(C)(C)C)cc1. The fourth-order valence-electron chi connectivity index (χ4n) is 2.31. The molecule has 0 bridgehead atoms. The summed E-state index contributed by atoms with van der Waals surface area (Å²) in [5.74, 6) is -0.607. The van der Waals surface area contributed by atoms with Crippen LogP contribution in [0.3, 0.4) is 0 Å². The number of nitrogens with one attached hydrogen (secondary N) is 1. The van der Waals surface area contributed by atoms with E-state index in [0.717, 1.165) is 0 Å². The fourth-order valence-corrected chi connectivity index (χ4v) is 2.31. The number of amides is 2. The Labute approximate surface area is 148 Å². The van der Waals surface area contributed by atoms with Crippen LogP contribution in [0.25, 0.3) is 0 Å². The van der Waals surface area contributed by atoms with Gasteiger partial charge in [-0.3, -0.25) is 9.59 Å². The Morgan fingerprint density at radius 3 is 2.20 bits per heavy atom. The molecule has 1 unspecified atom stereocenters. The van der Waals surface area contributed by atoms with Gasteiger partial charge in [-0.05, 0) is 42.2 Å². The summed E-state index contributed by atoms with van der Waals surface area (Å²) in [5, 5.41) is 2.81. The highest BCUT2D eigenvalue weighted by Crippen LogP contribution is 2.24. The Bertz CT molecular complexity index is 761. The van der Waals surface area contributed by atoms with Crippen molar-refractivity contribution in [3.05, 3.63) is 59.7 Å². The Morgan fingerprint density at radius 1 is 1.04 bits per heavy atom. The zero-order valence-electron chi connectivity index (χ0n) is 15.0. The van der Waals surface area contributed by atoms with Crippen molar-refractivity contribution in [1.29, 1.82) is 0 Å². The van der Waals surface area contributed by atoms with Crippen molar-refractivity contribution in [1.82, 2.24) is 0 Å². The third-order valence-corrected chi connectivity index (χ3v) is 3.84. The summed E-state index contributed by atoms with van der Waals surface area (Å²) in [4.78, 5) is 23.7. The normalized spacial score (nSPS) is 12.3. The van der Waals surface area contributed by atoms with E-state index in [1.165, 1.54) is 5.56 Å². The highest BCUT2D eigenvalue weighted by atomic mass is 16.5. The fraction of sp³-hybridized carbons (Fsp3) is 0.300. The molecule has 2 aromatic rings. The lowest BCUT2D eigenvalue weighted by Crippen LogP contribution is -2.31. The van der Waals surface area contributed by atoms with Gasteiger partial charge in [-0.1, -0.05) is 45.0 Å². The van der Waals surface area contributed by atoms with Crippen LogP contribution in [0, 0.1) is 0 Å². The number of primary amides is 1. The van der Waals surface area contributed by atoms with Gasteiger partial charge < -0.3 is 15.8 Å². The van der Waals surface area contributed by atoms with Gasteiger partial charge in [-0.25, -0.2) is 0 Å². The molecule has 0 fully saturated rings. The molecule has 25 heavy (non-hydrogen) atoms. The van der Waals surface area contributed by atoms with E-state index >= 15 is 0 Å². The lowest BCUT2D eigenvalue weighted by atomic mass is 9.87.